The minimum atomic E-state index is 0.0838. The van der Waals surface area contributed by atoms with E-state index in [0.717, 1.165) is 40.2 Å². The minimum absolute atomic E-state index is 0.0838. The van der Waals surface area contributed by atoms with Crippen LogP contribution in [0.5, 0.6) is 0 Å². The van der Waals surface area contributed by atoms with Crippen LogP contribution in [0.2, 0.25) is 0 Å². The molecule has 4 rings (SSSR count). The molecule has 1 atom stereocenters. The fraction of sp³-hybridized carbons (Fsp3) is 0.391. The number of hydrogen-bond donors (Lipinski definition) is 0. The first-order chi connectivity index (χ1) is 13.6. The largest absolute Gasteiger partial charge is 0.380 e. The van der Waals surface area contributed by atoms with E-state index in [1.165, 1.54) is 0 Å². The number of aryl methyl sites for hydroxylation is 2. The van der Waals surface area contributed by atoms with Gasteiger partial charge >= 0.3 is 0 Å². The number of imidazole rings is 1. The Morgan fingerprint density at radius 2 is 1.86 bits per heavy atom. The summed E-state index contributed by atoms with van der Waals surface area (Å²) in [6, 6.07) is 14.4. The monoisotopic (exact) mass is 377 g/mol. The van der Waals surface area contributed by atoms with Crippen LogP contribution < -0.4 is 4.90 Å². The Bertz CT molecular complexity index is 988. The highest BCUT2D eigenvalue weighted by atomic mass is 16.5. The molecule has 0 N–H and O–H groups in total. The minimum Gasteiger partial charge on any atom is -0.380 e. The SMILES string of the molecule is CCOCCn1c([C@@H]2CC(=O)N(c3c(C)cccc3C)C2)nc2ccccc21. The number of benzene rings is 2. The molecule has 5 nitrogen and oxygen atoms in total. The zero-order chi connectivity index (χ0) is 19.7. The number of ether oxygens (including phenoxy) is 1. The van der Waals surface area contributed by atoms with Crippen LogP contribution in [0.1, 0.15) is 36.2 Å². The molecule has 0 saturated carbocycles. The molecule has 3 aromatic rings. The van der Waals surface area contributed by atoms with Gasteiger partial charge in [0.05, 0.1) is 17.6 Å². The summed E-state index contributed by atoms with van der Waals surface area (Å²) in [6.45, 7) is 8.90. The van der Waals surface area contributed by atoms with Gasteiger partial charge in [-0.1, -0.05) is 30.3 Å². The number of anilines is 1. The van der Waals surface area contributed by atoms with Crippen molar-refractivity contribution in [2.24, 2.45) is 0 Å². The average Bonchev–Trinajstić information content (AvgIpc) is 3.23. The van der Waals surface area contributed by atoms with Crippen LogP contribution in [0.3, 0.4) is 0 Å². The van der Waals surface area contributed by atoms with Gasteiger partial charge in [0.15, 0.2) is 0 Å². The Morgan fingerprint density at radius 1 is 1.11 bits per heavy atom. The van der Waals surface area contributed by atoms with Crippen LogP contribution in [-0.4, -0.2) is 35.2 Å². The molecule has 2 aromatic carbocycles. The first kappa shape index (κ1) is 18.7. The maximum absolute atomic E-state index is 12.9. The predicted molar refractivity (Wildman–Crippen MR) is 112 cm³/mol. The number of hydrogen-bond acceptors (Lipinski definition) is 3. The maximum atomic E-state index is 12.9. The fourth-order valence-corrected chi connectivity index (χ4v) is 4.27. The second kappa shape index (κ2) is 7.76. The molecule has 1 saturated heterocycles. The van der Waals surface area contributed by atoms with Crippen molar-refractivity contribution >= 4 is 22.6 Å². The Labute approximate surface area is 165 Å². The number of para-hydroxylation sites is 3. The van der Waals surface area contributed by atoms with Gasteiger partial charge in [-0.15, -0.1) is 0 Å². The van der Waals surface area contributed by atoms with E-state index in [0.29, 0.717) is 26.2 Å². The van der Waals surface area contributed by atoms with E-state index in [1.54, 1.807) is 0 Å². The molecule has 0 aliphatic carbocycles. The lowest BCUT2D eigenvalue weighted by molar-refractivity contribution is -0.117. The first-order valence-electron chi connectivity index (χ1n) is 9.99. The summed E-state index contributed by atoms with van der Waals surface area (Å²) in [7, 11) is 0. The van der Waals surface area contributed by atoms with Gasteiger partial charge in [-0.05, 0) is 44.0 Å². The lowest BCUT2D eigenvalue weighted by Gasteiger charge is -2.21. The Balaban J connectivity index is 1.69. The molecule has 1 amide bonds. The molecule has 0 bridgehead atoms. The van der Waals surface area contributed by atoms with Gasteiger partial charge in [0.25, 0.3) is 0 Å². The van der Waals surface area contributed by atoms with Crippen LogP contribution in [0.25, 0.3) is 11.0 Å². The normalized spacial score (nSPS) is 17.0. The zero-order valence-corrected chi connectivity index (χ0v) is 16.8. The third-order valence-corrected chi connectivity index (χ3v) is 5.55. The topological polar surface area (TPSA) is 47.4 Å². The number of fused-ring (bicyclic) bond motifs is 1. The molecule has 1 aliphatic rings. The van der Waals surface area contributed by atoms with E-state index in [4.69, 9.17) is 9.72 Å². The van der Waals surface area contributed by atoms with Gasteiger partial charge in [-0.3, -0.25) is 4.79 Å². The van der Waals surface area contributed by atoms with Crippen molar-refractivity contribution in [3.63, 3.8) is 0 Å². The van der Waals surface area contributed by atoms with Crippen molar-refractivity contribution in [3.05, 3.63) is 59.4 Å². The van der Waals surface area contributed by atoms with E-state index in [1.807, 2.05) is 36.1 Å². The Hall–Kier alpha value is -2.66. The van der Waals surface area contributed by atoms with E-state index >= 15 is 0 Å². The third-order valence-electron chi connectivity index (χ3n) is 5.55. The smallest absolute Gasteiger partial charge is 0.227 e. The Morgan fingerprint density at radius 3 is 2.61 bits per heavy atom. The molecule has 28 heavy (non-hydrogen) atoms. The summed E-state index contributed by atoms with van der Waals surface area (Å²) in [5, 5.41) is 0. The second-order valence-corrected chi connectivity index (χ2v) is 7.45. The lowest BCUT2D eigenvalue weighted by Crippen LogP contribution is -2.26. The van der Waals surface area contributed by atoms with Crippen molar-refractivity contribution in [1.29, 1.82) is 0 Å². The lowest BCUT2D eigenvalue weighted by atomic mass is 10.1. The van der Waals surface area contributed by atoms with Crippen LogP contribution in [0, 0.1) is 13.8 Å². The fourth-order valence-electron chi connectivity index (χ4n) is 4.27. The van der Waals surface area contributed by atoms with E-state index in [9.17, 15) is 4.79 Å². The second-order valence-electron chi connectivity index (χ2n) is 7.45. The number of carbonyl (C=O) groups is 1. The van der Waals surface area contributed by atoms with Crippen molar-refractivity contribution in [2.75, 3.05) is 24.7 Å². The molecule has 1 aliphatic heterocycles. The molecule has 2 heterocycles. The molecule has 0 radical (unpaired) electrons. The number of carbonyl (C=O) groups excluding carboxylic acids is 1. The first-order valence-corrected chi connectivity index (χ1v) is 9.99. The van der Waals surface area contributed by atoms with Crippen LogP contribution in [-0.2, 0) is 16.1 Å². The van der Waals surface area contributed by atoms with E-state index < -0.39 is 0 Å². The molecule has 5 heteroatoms. The summed E-state index contributed by atoms with van der Waals surface area (Å²) in [6.07, 6.45) is 0.492. The predicted octanol–water partition coefficient (Wildman–Crippen LogP) is 4.21. The maximum Gasteiger partial charge on any atom is 0.227 e. The van der Waals surface area contributed by atoms with Gasteiger partial charge in [-0.25, -0.2) is 4.98 Å². The van der Waals surface area contributed by atoms with E-state index in [-0.39, 0.29) is 11.8 Å². The molecule has 1 fully saturated rings. The van der Waals surface area contributed by atoms with Crippen molar-refractivity contribution < 1.29 is 9.53 Å². The summed E-state index contributed by atoms with van der Waals surface area (Å²) in [5.41, 5.74) is 5.41. The van der Waals surface area contributed by atoms with Gasteiger partial charge < -0.3 is 14.2 Å². The molecule has 1 aromatic heterocycles. The third kappa shape index (κ3) is 3.31. The Kier molecular flexibility index (Phi) is 5.18. The van der Waals surface area contributed by atoms with Gasteiger partial charge in [0.2, 0.25) is 5.91 Å². The molecule has 146 valence electrons. The standard InChI is InChI=1S/C23H27N3O2/c1-4-28-13-12-25-20-11-6-5-10-19(20)24-23(25)18-14-21(27)26(15-18)22-16(2)8-7-9-17(22)3/h5-11,18H,4,12-15H2,1-3H3/t18-/m1/s1. The number of rotatable bonds is 6. The van der Waals surface area contributed by atoms with Gasteiger partial charge in [0.1, 0.15) is 5.82 Å². The number of aromatic nitrogens is 2. The van der Waals surface area contributed by atoms with Crippen LogP contribution in [0.4, 0.5) is 5.69 Å². The molecular weight excluding hydrogens is 350 g/mol. The zero-order valence-electron chi connectivity index (χ0n) is 16.8. The summed E-state index contributed by atoms with van der Waals surface area (Å²) in [5.74, 6) is 1.24. The van der Waals surface area contributed by atoms with Crippen molar-refractivity contribution in [3.8, 4) is 0 Å². The number of amides is 1. The highest BCUT2D eigenvalue weighted by Gasteiger charge is 2.35. The molecule has 0 unspecified atom stereocenters. The molecule has 0 spiro atoms. The number of nitrogens with zero attached hydrogens (tertiary/aromatic N) is 3. The van der Waals surface area contributed by atoms with E-state index in [2.05, 4.69) is 36.6 Å². The molecular formula is C23H27N3O2. The van der Waals surface area contributed by atoms with Crippen LogP contribution >= 0.6 is 0 Å². The van der Waals surface area contributed by atoms with Crippen molar-refractivity contribution in [2.45, 2.75) is 39.7 Å². The highest BCUT2D eigenvalue weighted by molar-refractivity contribution is 5.98. The average molecular weight is 377 g/mol. The van der Waals surface area contributed by atoms with Gasteiger partial charge in [-0.2, -0.15) is 0 Å². The summed E-state index contributed by atoms with van der Waals surface area (Å²) in [4.78, 5) is 19.8. The quantitative estimate of drug-likeness (QED) is 0.605. The van der Waals surface area contributed by atoms with Crippen molar-refractivity contribution in [1.82, 2.24) is 9.55 Å². The summed E-state index contributed by atoms with van der Waals surface area (Å²) < 4.78 is 7.82. The highest BCUT2D eigenvalue weighted by Crippen LogP contribution is 2.35. The van der Waals surface area contributed by atoms with Crippen LogP contribution in [0.15, 0.2) is 42.5 Å². The summed E-state index contributed by atoms with van der Waals surface area (Å²) >= 11 is 0. The van der Waals surface area contributed by atoms with Gasteiger partial charge in [0, 0.05) is 37.7 Å².